The van der Waals surface area contributed by atoms with Crippen molar-refractivity contribution in [1.82, 2.24) is 4.90 Å². The molecule has 0 aliphatic carbocycles. The van der Waals surface area contributed by atoms with E-state index in [0.29, 0.717) is 5.75 Å². The first-order chi connectivity index (χ1) is 9.74. The van der Waals surface area contributed by atoms with E-state index in [9.17, 15) is 5.11 Å². The van der Waals surface area contributed by atoms with E-state index >= 15 is 0 Å². The van der Waals surface area contributed by atoms with Crippen LogP contribution < -0.4 is 0 Å². The summed E-state index contributed by atoms with van der Waals surface area (Å²) in [6.45, 7) is 2.82. The van der Waals surface area contributed by atoms with Gasteiger partial charge in [0.05, 0.1) is 12.7 Å². The van der Waals surface area contributed by atoms with Crippen LogP contribution in [-0.2, 0) is 4.74 Å². The summed E-state index contributed by atoms with van der Waals surface area (Å²) in [6.07, 6.45) is 0.284. The minimum Gasteiger partial charge on any atom is -0.507 e. The van der Waals surface area contributed by atoms with Crippen LogP contribution in [0.3, 0.4) is 0 Å². The summed E-state index contributed by atoms with van der Waals surface area (Å²) in [4.78, 5) is 3.51. The number of aromatic hydroxyl groups is 1. The standard InChI is InChI=1S/C16H19NO2S/c1-17-8-9-19-12(10-17)11-20-16-7-6-15(18)13-4-2-3-5-14(13)16/h2-7,12,18H,8-11H2,1H3. The van der Waals surface area contributed by atoms with Gasteiger partial charge in [-0.25, -0.2) is 0 Å². The Morgan fingerprint density at radius 3 is 2.85 bits per heavy atom. The molecule has 3 rings (SSSR count). The maximum atomic E-state index is 9.91. The van der Waals surface area contributed by atoms with Crippen LogP contribution in [0, 0.1) is 0 Å². The van der Waals surface area contributed by atoms with E-state index in [0.717, 1.165) is 36.2 Å². The van der Waals surface area contributed by atoms with Crippen molar-refractivity contribution in [3.05, 3.63) is 36.4 Å². The van der Waals surface area contributed by atoms with Crippen LogP contribution in [0.15, 0.2) is 41.3 Å². The summed E-state index contributed by atoms with van der Waals surface area (Å²) >= 11 is 1.80. The van der Waals surface area contributed by atoms with E-state index in [1.165, 1.54) is 4.90 Å². The zero-order chi connectivity index (χ0) is 13.9. The molecule has 0 saturated carbocycles. The lowest BCUT2D eigenvalue weighted by Gasteiger charge is -2.29. The fraction of sp³-hybridized carbons (Fsp3) is 0.375. The molecule has 0 aromatic heterocycles. The number of morpholine rings is 1. The summed E-state index contributed by atoms with van der Waals surface area (Å²) in [7, 11) is 2.14. The highest BCUT2D eigenvalue weighted by atomic mass is 32.2. The molecular formula is C16H19NO2S. The zero-order valence-corrected chi connectivity index (χ0v) is 12.4. The van der Waals surface area contributed by atoms with Gasteiger partial charge in [-0.15, -0.1) is 11.8 Å². The molecule has 1 saturated heterocycles. The first-order valence-electron chi connectivity index (χ1n) is 6.87. The third kappa shape index (κ3) is 2.92. The van der Waals surface area contributed by atoms with Gasteiger partial charge in [0.1, 0.15) is 5.75 Å². The number of fused-ring (bicyclic) bond motifs is 1. The molecule has 2 aromatic carbocycles. The second-order valence-corrected chi connectivity index (χ2v) is 6.26. The summed E-state index contributed by atoms with van der Waals surface area (Å²) in [5.41, 5.74) is 0. The van der Waals surface area contributed by atoms with E-state index < -0.39 is 0 Å². The molecule has 1 fully saturated rings. The molecule has 1 atom stereocenters. The Balaban J connectivity index is 1.76. The highest BCUT2D eigenvalue weighted by Gasteiger charge is 2.18. The first-order valence-corrected chi connectivity index (χ1v) is 7.86. The minimum absolute atomic E-state index is 0.284. The van der Waals surface area contributed by atoms with Crippen molar-refractivity contribution in [2.75, 3.05) is 32.5 Å². The average Bonchev–Trinajstić information content (AvgIpc) is 2.47. The minimum atomic E-state index is 0.284. The molecule has 1 heterocycles. The van der Waals surface area contributed by atoms with E-state index in [4.69, 9.17) is 4.74 Å². The number of nitrogens with zero attached hydrogens (tertiary/aromatic N) is 1. The highest BCUT2D eigenvalue weighted by Crippen LogP contribution is 2.33. The number of benzene rings is 2. The number of hydrogen-bond donors (Lipinski definition) is 1. The highest BCUT2D eigenvalue weighted by molar-refractivity contribution is 7.99. The molecule has 0 radical (unpaired) electrons. The monoisotopic (exact) mass is 289 g/mol. The summed E-state index contributed by atoms with van der Waals surface area (Å²) in [6, 6.07) is 11.8. The Morgan fingerprint density at radius 1 is 1.25 bits per heavy atom. The van der Waals surface area contributed by atoms with Crippen molar-refractivity contribution in [2.24, 2.45) is 0 Å². The van der Waals surface area contributed by atoms with Crippen molar-refractivity contribution in [2.45, 2.75) is 11.0 Å². The summed E-state index contributed by atoms with van der Waals surface area (Å²) < 4.78 is 5.79. The second kappa shape index (κ2) is 6.04. The predicted octanol–water partition coefficient (Wildman–Crippen LogP) is 2.97. The van der Waals surface area contributed by atoms with E-state index in [2.05, 4.69) is 18.0 Å². The lowest BCUT2D eigenvalue weighted by molar-refractivity contribution is -0.00597. The van der Waals surface area contributed by atoms with Gasteiger partial charge in [0.2, 0.25) is 0 Å². The van der Waals surface area contributed by atoms with Gasteiger partial charge >= 0.3 is 0 Å². The van der Waals surface area contributed by atoms with Crippen molar-refractivity contribution < 1.29 is 9.84 Å². The molecule has 0 bridgehead atoms. The Labute approximate surface area is 123 Å². The van der Waals surface area contributed by atoms with E-state index in [1.807, 2.05) is 24.3 Å². The molecule has 3 nitrogen and oxygen atoms in total. The molecule has 1 aliphatic rings. The molecule has 0 spiro atoms. The van der Waals surface area contributed by atoms with Crippen molar-refractivity contribution >= 4 is 22.5 Å². The summed E-state index contributed by atoms with van der Waals surface area (Å²) in [5.74, 6) is 1.29. The Kier molecular flexibility index (Phi) is 4.15. The quantitative estimate of drug-likeness (QED) is 0.881. The third-order valence-electron chi connectivity index (χ3n) is 3.63. The smallest absolute Gasteiger partial charge is 0.123 e. The number of phenols is 1. The normalized spacial score (nSPS) is 20.4. The lowest BCUT2D eigenvalue weighted by Crippen LogP contribution is -2.41. The van der Waals surface area contributed by atoms with E-state index in [-0.39, 0.29) is 6.10 Å². The van der Waals surface area contributed by atoms with Crippen molar-refractivity contribution in [3.8, 4) is 5.75 Å². The van der Waals surface area contributed by atoms with Gasteiger partial charge < -0.3 is 14.7 Å². The molecule has 4 heteroatoms. The van der Waals surface area contributed by atoms with Gasteiger partial charge in [-0.05, 0) is 24.6 Å². The number of thioether (sulfide) groups is 1. The first kappa shape index (κ1) is 13.7. The maximum Gasteiger partial charge on any atom is 0.123 e. The van der Waals surface area contributed by atoms with Crippen LogP contribution >= 0.6 is 11.8 Å². The van der Waals surface area contributed by atoms with Gasteiger partial charge in [-0.1, -0.05) is 24.3 Å². The fourth-order valence-corrected chi connectivity index (χ4v) is 3.60. The van der Waals surface area contributed by atoms with Crippen molar-refractivity contribution in [1.29, 1.82) is 0 Å². The van der Waals surface area contributed by atoms with Gasteiger partial charge in [-0.3, -0.25) is 0 Å². The fourth-order valence-electron chi connectivity index (χ4n) is 2.53. The van der Waals surface area contributed by atoms with Gasteiger partial charge in [0.25, 0.3) is 0 Å². The Morgan fingerprint density at radius 2 is 2.05 bits per heavy atom. The number of rotatable bonds is 3. The van der Waals surface area contributed by atoms with Crippen LogP contribution in [0.4, 0.5) is 0 Å². The number of hydrogen-bond acceptors (Lipinski definition) is 4. The molecular weight excluding hydrogens is 270 g/mol. The molecule has 1 N–H and O–H groups in total. The topological polar surface area (TPSA) is 32.7 Å². The number of ether oxygens (including phenoxy) is 1. The SMILES string of the molecule is CN1CCOC(CSc2ccc(O)c3ccccc23)C1. The molecule has 2 aromatic rings. The van der Waals surface area contributed by atoms with Crippen LogP contribution in [-0.4, -0.2) is 48.6 Å². The van der Waals surface area contributed by atoms with Crippen LogP contribution in [0.5, 0.6) is 5.75 Å². The molecule has 1 aliphatic heterocycles. The molecule has 20 heavy (non-hydrogen) atoms. The number of phenolic OH excluding ortho intramolecular Hbond substituents is 1. The Hall–Kier alpha value is -1.23. The lowest BCUT2D eigenvalue weighted by atomic mass is 10.1. The average molecular weight is 289 g/mol. The van der Waals surface area contributed by atoms with Crippen LogP contribution in [0.25, 0.3) is 10.8 Å². The van der Waals surface area contributed by atoms with Crippen LogP contribution in [0.2, 0.25) is 0 Å². The van der Waals surface area contributed by atoms with Crippen LogP contribution in [0.1, 0.15) is 0 Å². The largest absolute Gasteiger partial charge is 0.507 e. The Bertz CT molecular complexity index is 602. The third-order valence-corrected chi connectivity index (χ3v) is 4.83. The zero-order valence-electron chi connectivity index (χ0n) is 11.6. The molecule has 106 valence electrons. The number of likely N-dealkylation sites (N-methyl/N-ethyl adjacent to an activating group) is 1. The van der Waals surface area contributed by atoms with E-state index in [1.54, 1.807) is 17.8 Å². The second-order valence-electron chi connectivity index (χ2n) is 5.19. The van der Waals surface area contributed by atoms with Crippen molar-refractivity contribution in [3.63, 3.8) is 0 Å². The molecule has 1 unspecified atom stereocenters. The predicted molar refractivity (Wildman–Crippen MR) is 83.6 cm³/mol. The van der Waals surface area contributed by atoms with Gasteiger partial charge in [0.15, 0.2) is 0 Å². The maximum absolute atomic E-state index is 9.91. The van der Waals surface area contributed by atoms with Gasteiger partial charge in [-0.2, -0.15) is 0 Å². The van der Waals surface area contributed by atoms with Gasteiger partial charge in [0, 0.05) is 29.1 Å². The summed E-state index contributed by atoms with van der Waals surface area (Å²) in [5, 5.41) is 11.9. The molecule has 0 amide bonds.